The van der Waals surface area contributed by atoms with Crippen LogP contribution in [-0.4, -0.2) is 5.33 Å². The van der Waals surface area contributed by atoms with Crippen molar-refractivity contribution in [1.29, 1.82) is 0 Å². The maximum atomic E-state index is 3.51. The van der Waals surface area contributed by atoms with E-state index in [4.69, 9.17) is 0 Å². The van der Waals surface area contributed by atoms with Gasteiger partial charge in [0.1, 0.15) is 0 Å². The van der Waals surface area contributed by atoms with Gasteiger partial charge in [0.15, 0.2) is 0 Å². The first-order chi connectivity index (χ1) is 3.81. The molecule has 0 aromatic carbocycles. The second-order valence-electron chi connectivity index (χ2n) is 4.27. The molecule has 0 amide bonds. The van der Waals surface area contributed by atoms with Gasteiger partial charge in [-0.05, 0) is 10.8 Å². The molecule has 0 spiro atoms. The molecule has 9 heavy (non-hydrogen) atoms. The van der Waals surface area contributed by atoms with Crippen molar-refractivity contribution in [1.82, 2.24) is 0 Å². The van der Waals surface area contributed by atoms with Crippen LogP contribution in [0.2, 0.25) is 0 Å². The first kappa shape index (κ1) is 9.48. The Morgan fingerprint density at radius 3 is 1.33 bits per heavy atom. The molecule has 0 fully saturated rings. The lowest BCUT2D eigenvalue weighted by molar-refractivity contribution is 0.164. The summed E-state index contributed by atoms with van der Waals surface area (Å²) >= 11 is 3.51. The standard InChI is InChI=1S/C8H17Br/c1-7(2,3)8(4,5)6-9/h6H2,1-5H3. The van der Waals surface area contributed by atoms with Gasteiger partial charge in [-0.1, -0.05) is 50.5 Å². The monoisotopic (exact) mass is 192 g/mol. The van der Waals surface area contributed by atoms with Crippen molar-refractivity contribution in [3.8, 4) is 0 Å². The van der Waals surface area contributed by atoms with Crippen molar-refractivity contribution in [2.75, 3.05) is 5.33 Å². The Labute approximate surface area is 67.2 Å². The molecular formula is C8H17Br. The van der Waals surface area contributed by atoms with Crippen LogP contribution in [0.5, 0.6) is 0 Å². The average molecular weight is 193 g/mol. The summed E-state index contributed by atoms with van der Waals surface area (Å²) in [6.45, 7) is 11.4. The van der Waals surface area contributed by atoms with E-state index in [1.54, 1.807) is 0 Å². The summed E-state index contributed by atoms with van der Waals surface area (Å²) in [6, 6.07) is 0. The summed E-state index contributed by atoms with van der Waals surface area (Å²) in [5, 5.41) is 1.07. The third kappa shape index (κ3) is 2.29. The molecule has 0 aliphatic carbocycles. The number of hydrogen-bond acceptors (Lipinski definition) is 0. The van der Waals surface area contributed by atoms with Gasteiger partial charge in [0.25, 0.3) is 0 Å². The maximum absolute atomic E-state index is 3.51. The smallest absolute Gasteiger partial charge is 0.00876 e. The molecule has 0 nitrogen and oxygen atoms in total. The van der Waals surface area contributed by atoms with E-state index in [1.165, 1.54) is 0 Å². The SMILES string of the molecule is CC(C)(C)C(C)(C)CBr. The van der Waals surface area contributed by atoms with Crippen LogP contribution >= 0.6 is 15.9 Å². The van der Waals surface area contributed by atoms with E-state index in [1.807, 2.05) is 0 Å². The van der Waals surface area contributed by atoms with Crippen molar-refractivity contribution in [2.45, 2.75) is 34.6 Å². The fourth-order valence-electron chi connectivity index (χ4n) is 0.200. The second kappa shape index (κ2) is 2.61. The van der Waals surface area contributed by atoms with Crippen LogP contribution in [-0.2, 0) is 0 Å². The van der Waals surface area contributed by atoms with Crippen LogP contribution in [0.4, 0.5) is 0 Å². The highest BCUT2D eigenvalue weighted by molar-refractivity contribution is 9.09. The minimum atomic E-state index is 0.396. The molecular weight excluding hydrogens is 176 g/mol. The minimum Gasteiger partial charge on any atom is -0.0922 e. The summed E-state index contributed by atoms with van der Waals surface area (Å²) in [5.74, 6) is 0. The Balaban J connectivity index is 4.14. The summed E-state index contributed by atoms with van der Waals surface area (Å²) < 4.78 is 0. The van der Waals surface area contributed by atoms with Crippen LogP contribution < -0.4 is 0 Å². The van der Waals surface area contributed by atoms with Gasteiger partial charge >= 0.3 is 0 Å². The summed E-state index contributed by atoms with van der Waals surface area (Å²) in [7, 11) is 0. The average Bonchev–Trinajstić information content (AvgIpc) is 1.64. The lowest BCUT2D eigenvalue weighted by Crippen LogP contribution is -2.30. The highest BCUT2D eigenvalue weighted by Crippen LogP contribution is 2.38. The Morgan fingerprint density at radius 2 is 1.33 bits per heavy atom. The van der Waals surface area contributed by atoms with Gasteiger partial charge in [-0.25, -0.2) is 0 Å². The summed E-state index contributed by atoms with van der Waals surface area (Å²) in [5.41, 5.74) is 0.795. The van der Waals surface area contributed by atoms with Gasteiger partial charge in [-0.15, -0.1) is 0 Å². The third-order valence-electron chi connectivity index (χ3n) is 2.36. The molecule has 0 atom stereocenters. The summed E-state index contributed by atoms with van der Waals surface area (Å²) in [6.07, 6.45) is 0. The maximum Gasteiger partial charge on any atom is 0.00876 e. The molecule has 0 radical (unpaired) electrons. The van der Waals surface area contributed by atoms with Gasteiger partial charge in [0.05, 0.1) is 0 Å². The molecule has 0 heterocycles. The van der Waals surface area contributed by atoms with Crippen molar-refractivity contribution in [2.24, 2.45) is 10.8 Å². The zero-order valence-electron chi connectivity index (χ0n) is 7.09. The fraction of sp³-hybridized carbons (Fsp3) is 1.00. The summed E-state index contributed by atoms with van der Waals surface area (Å²) in [4.78, 5) is 0. The Morgan fingerprint density at radius 1 is 1.00 bits per heavy atom. The van der Waals surface area contributed by atoms with Crippen LogP contribution in [0.15, 0.2) is 0 Å². The Kier molecular flexibility index (Phi) is 2.75. The van der Waals surface area contributed by atoms with E-state index in [-0.39, 0.29) is 0 Å². The van der Waals surface area contributed by atoms with Crippen molar-refractivity contribution < 1.29 is 0 Å². The molecule has 0 bridgehead atoms. The lowest BCUT2D eigenvalue weighted by Gasteiger charge is -2.37. The second-order valence-corrected chi connectivity index (χ2v) is 4.83. The van der Waals surface area contributed by atoms with E-state index >= 15 is 0 Å². The van der Waals surface area contributed by atoms with E-state index in [9.17, 15) is 0 Å². The van der Waals surface area contributed by atoms with Crippen LogP contribution in [0, 0.1) is 10.8 Å². The highest BCUT2D eigenvalue weighted by Gasteiger charge is 2.31. The van der Waals surface area contributed by atoms with Crippen molar-refractivity contribution in [3.05, 3.63) is 0 Å². The van der Waals surface area contributed by atoms with Gasteiger partial charge in [-0.2, -0.15) is 0 Å². The predicted molar refractivity (Wildman–Crippen MR) is 47.0 cm³/mol. The van der Waals surface area contributed by atoms with Crippen LogP contribution in [0.25, 0.3) is 0 Å². The molecule has 0 saturated carbocycles. The molecule has 56 valence electrons. The van der Waals surface area contributed by atoms with E-state index < -0.39 is 0 Å². The molecule has 0 rings (SSSR count). The zero-order chi connectivity index (χ0) is 7.71. The Hall–Kier alpha value is 0.480. The fourth-order valence-corrected chi connectivity index (χ4v) is 1.04. The van der Waals surface area contributed by atoms with Crippen LogP contribution in [0.1, 0.15) is 34.6 Å². The van der Waals surface area contributed by atoms with Crippen LogP contribution in [0.3, 0.4) is 0 Å². The minimum absolute atomic E-state index is 0.396. The molecule has 0 saturated heterocycles. The topological polar surface area (TPSA) is 0 Å². The number of alkyl halides is 1. The molecule has 0 unspecified atom stereocenters. The van der Waals surface area contributed by atoms with Gasteiger partial charge < -0.3 is 0 Å². The molecule has 0 aromatic rings. The number of hydrogen-bond donors (Lipinski definition) is 0. The third-order valence-corrected chi connectivity index (χ3v) is 3.77. The first-order valence-electron chi connectivity index (χ1n) is 3.37. The van der Waals surface area contributed by atoms with E-state index in [0.717, 1.165) is 5.33 Å². The molecule has 0 aliphatic heterocycles. The number of rotatable bonds is 1. The normalized spacial score (nSPS) is 14.0. The van der Waals surface area contributed by atoms with E-state index in [2.05, 4.69) is 50.5 Å². The Bertz CT molecular complexity index is 87.2. The van der Waals surface area contributed by atoms with Crippen molar-refractivity contribution >= 4 is 15.9 Å². The molecule has 0 aliphatic rings. The zero-order valence-corrected chi connectivity index (χ0v) is 8.67. The lowest BCUT2D eigenvalue weighted by atomic mass is 9.71. The molecule has 1 heteroatoms. The van der Waals surface area contributed by atoms with Gasteiger partial charge in [0.2, 0.25) is 0 Å². The van der Waals surface area contributed by atoms with Crippen molar-refractivity contribution in [3.63, 3.8) is 0 Å². The molecule has 0 N–H and O–H groups in total. The predicted octanol–water partition coefficient (Wildman–Crippen LogP) is 3.45. The molecule has 0 aromatic heterocycles. The van der Waals surface area contributed by atoms with E-state index in [0.29, 0.717) is 10.8 Å². The largest absolute Gasteiger partial charge is 0.0922 e. The first-order valence-corrected chi connectivity index (χ1v) is 4.49. The number of halogens is 1. The highest BCUT2D eigenvalue weighted by atomic mass is 79.9. The van der Waals surface area contributed by atoms with Gasteiger partial charge in [0, 0.05) is 5.33 Å². The van der Waals surface area contributed by atoms with Gasteiger partial charge in [-0.3, -0.25) is 0 Å². The quantitative estimate of drug-likeness (QED) is 0.559.